The van der Waals surface area contributed by atoms with Gasteiger partial charge in [-0.2, -0.15) is 0 Å². The summed E-state index contributed by atoms with van der Waals surface area (Å²) in [6.45, 7) is 3.18. The molecule has 1 unspecified atom stereocenters. The van der Waals surface area contributed by atoms with E-state index in [9.17, 15) is 0 Å². The summed E-state index contributed by atoms with van der Waals surface area (Å²) in [7, 11) is 0. The third kappa shape index (κ3) is 3.08. The Bertz CT molecular complexity index is 221. The van der Waals surface area contributed by atoms with Crippen molar-refractivity contribution in [2.45, 2.75) is 57.5 Å². The Morgan fingerprint density at radius 1 is 1.19 bits per heavy atom. The van der Waals surface area contributed by atoms with E-state index >= 15 is 0 Å². The van der Waals surface area contributed by atoms with Gasteiger partial charge in [-0.25, -0.2) is 0 Å². The van der Waals surface area contributed by atoms with Crippen LogP contribution in [0.25, 0.3) is 0 Å². The number of hydrogen-bond donors (Lipinski definition) is 2. The van der Waals surface area contributed by atoms with Crippen LogP contribution in [0.15, 0.2) is 12.2 Å². The molecule has 0 aromatic rings. The summed E-state index contributed by atoms with van der Waals surface area (Å²) in [6.07, 6.45) is 12.5. The minimum Gasteiger partial charge on any atom is -0.329 e. The summed E-state index contributed by atoms with van der Waals surface area (Å²) in [5.74, 6) is 1.75. The highest BCUT2D eigenvalue weighted by Gasteiger charge is 2.26. The first-order chi connectivity index (χ1) is 7.79. The van der Waals surface area contributed by atoms with Gasteiger partial charge in [0.25, 0.3) is 0 Å². The molecule has 0 radical (unpaired) electrons. The Labute approximate surface area is 99.7 Å². The van der Waals surface area contributed by atoms with E-state index in [1.807, 2.05) is 0 Å². The van der Waals surface area contributed by atoms with Crippen molar-refractivity contribution in [1.29, 1.82) is 0 Å². The van der Waals surface area contributed by atoms with Crippen molar-refractivity contribution in [2.24, 2.45) is 17.6 Å². The molecule has 3 N–H and O–H groups in total. The molecule has 0 bridgehead atoms. The molecule has 16 heavy (non-hydrogen) atoms. The maximum Gasteiger partial charge on any atom is 0.0221 e. The number of nitrogens with two attached hydrogens (primary N) is 1. The predicted molar refractivity (Wildman–Crippen MR) is 69.3 cm³/mol. The first-order valence-corrected chi connectivity index (χ1v) is 6.90. The second-order valence-corrected chi connectivity index (χ2v) is 5.67. The highest BCUT2D eigenvalue weighted by Crippen LogP contribution is 2.30. The molecule has 0 saturated heterocycles. The van der Waals surface area contributed by atoms with E-state index in [1.165, 1.54) is 38.5 Å². The Kier molecular flexibility index (Phi) is 4.42. The van der Waals surface area contributed by atoms with Crippen LogP contribution < -0.4 is 11.1 Å². The predicted octanol–water partition coefficient (Wildman–Crippen LogP) is 2.45. The molecular weight excluding hydrogens is 196 g/mol. The Morgan fingerprint density at radius 2 is 1.81 bits per heavy atom. The van der Waals surface area contributed by atoms with Crippen LogP contribution in [-0.4, -0.2) is 18.6 Å². The summed E-state index contributed by atoms with van der Waals surface area (Å²) in [5, 5.41) is 3.76. The zero-order chi connectivity index (χ0) is 11.4. The summed E-state index contributed by atoms with van der Waals surface area (Å²) in [6, 6.07) is 1.21. The molecule has 1 saturated carbocycles. The van der Waals surface area contributed by atoms with Gasteiger partial charge in [-0.1, -0.05) is 31.9 Å². The quantitative estimate of drug-likeness (QED) is 0.717. The smallest absolute Gasteiger partial charge is 0.0221 e. The Balaban J connectivity index is 1.79. The standard InChI is InChI=1S/C14H26N2/c1-11-6-8-12(9-7-11)14(10-15)16-13-4-2-3-5-13/h2-3,11-14,16H,4-10,15H2,1H3. The van der Waals surface area contributed by atoms with Gasteiger partial charge in [0.05, 0.1) is 0 Å². The van der Waals surface area contributed by atoms with Gasteiger partial charge < -0.3 is 11.1 Å². The van der Waals surface area contributed by atoms with Crippen LogP contribution in [0.2, 0.25) is 0 Å². The molecule has 0 heterocycles. The molecule has 0 aliphatic heterocycles. The minimum absolute atomic E-state index is 0.553. The maximum absolute atomic E-state index is 5.93. The summed E-state index contributed by atoms with van der Waals surface area (Å²) in [5.41, 5.74) is 5.93. The SMILES string of the molecule is CC1CCC(C(CN)NC2CC=CC2)CC1. The lowest BCUT2D eigenvalue weighted by atomic mass is 9.79. The van der Waals surface area contributed by atoms with Crippen molar-refractivity contribution in [3.05, 3.63) is 12.2 Å². The van der Waals surface area contributed by atoms with Crippen molar-refractivity contribution in [2.75, 3.05) is 6.54 Å². The first kappa shape index (κ1) is 12.1. The second-order valence-electron chi connectivity index (χ2n) is 5.67. The fourth-order valence-electron chi connectivity index (χ4n) is 3.14. The van der Waals surface area contributed by atoms with Crippen molar-refractivity contribution < 1.29 is 0 Å². The van der Waals surface area contributed by atoms with E-state index < -0.39 is 0 Å². The van der Waals surface area contributed by atoms with Gasteiger partial charge in [0, 0.05) is 18.6 Å². The topological polar surface area (TPSA) is 38.0 Å². The molecule has 1 atom stereocenters. The molecule has 2 rings (SSSR count). The fraction of sp³-hybridized carbons (Fsp3) is 0.857. The Hall–Kier alpha value is -0.340. The lowest BCUT2D eigenvalue weighted by molar-refractivity contribution is 0.222. The third-order valence-corrected chi connectivity index (χ3v) is 4.34. The lowest BCUT2D eigenvalue weighted by Gasteiger charge is -2.34. The molecule has 0 aromatic carbocycles. The van der Waals surface area contributed by atoms with E-state index in [0.29, 0.717) is 12.1 Å². The van der Waals surface area contributed by atoms with Gasteiger partial charge in [0.15, 0.2) is 0 Å². The zero-order valence-corrected chi connectivity index (χ0v) is 10.5. The normalized spacial score (nSPS) is 33.1. The van der Waals surface area contributed by atoms with E-state index in [4.69, 9.17) is 5.73 Å². The molecule has 0 aromatic heterocycles. The van der Waals surface area contributed by atoms with Crippen LogP contribution in [-0.2, 0) is 0 Å². The molecule has 2 heteroatoms. The van der Waals surface area contributed by atoms with Crippen molar-refractivity contribution >= 4 is 0 Å². The van der Waals surface area contributed by atoms with Gasteiger partial charge in [-0.15, -0.1) is 0 Å². The van der Waals surface area contributed by atoms with Crippen LogP contribution in [0.1, 0.15) is 45.4 Å². The van der Waals surface area contributed by atoms with Gasteiger partial charge in [0.1, 0.15) is 0 Å². The minimum atomic E-state index is 0.553. The summed E-state index contributed by atoms with van der Waals surface area (Å²) >= 11 is 0. The number of rotatable bonds is 4. The van der Waals surface area contributed by atoms with Crippen molar-refractivity contribution in [3.8, 4) is 0 Å². The average Bonchev–Trinajstić information content (AvgIpc) is 2.80. The van der Waals surface area contributed by atoms with Crippen LogP contribution in [0.5, 0.6) is 0 Å². The third-order valence-electron chi connectivity index (χ3n) is 4.34. The lowest BCUT2D eigenvalue weighted by Crippen LogP contribution is -2.47. The van der Waals surface area contributed by atoms with Gasteiger partial charge in [-0.05, 0) is 37.5 Å². The molecule has 2 nitrogen and oxygen atoms in total. The monoisotopic (exact) mass is 222 g/mol. The summed E-state index contributed by atoms with van der Waals surface area (Å²) < 4.78 is 0. The van der Waals surface area contributed by atoms with Crippen LogP contribution in [0.4, 0.5) is 0 Å². The molecule has 0 spiro atoms. The van der Waals surface area contributed by atoms with Gasteiger partial charge in [0.2, 0.25) is 0 Å². The van der Waals surface area contributed by atoms with E-state index in [0.717, 1.165) is 18.4 Å². The highest BCUT2D eigenvalue weighted by molar-refractivity contribution is 4.99. The van der Waals surface area contributed by atoms with Crippen molar-refractivity contribution in [1.82, 2.24) is 5.32 Å². The van der Waals surface area contributed by atoms with E-state index in [2.05, 4.69) is 24.4 Å². The number of nitrogens with one attached hydrogen (secondary N) is 1. The maximum atomic E-state index is 5.93. The highest BCUT2D eigenvalue weighted by atomic mass is 15.0. The van der Waals surface area contributed by atoms with Gasteiger partial charge in [-0.3, -0.25) is 0 Å². The molecule has 2 aliphatic rings. The molecular formula is C14H26N2. The second kappa shape index (κ2) is 5.83. The van der Waals surface area contributed by atoms with Gasteiger partial charge >= 0.3 is 0 Å². The molecule has 2 aliphatic carbocycles. The van der Waals surface area contributed by atoms with E-state index in [-0.39, 0.29) is 0 Å². The molecule has 1 fully saturated rings. The molecule has 0 amide bonds. The van der Waals surface area contributed by atoms with E-state index in [1.54, 1.807) is 0 Å². The fourth-order valence-corrected chi connectivity index (χ4v) is 3.14. The number of hydrogen-bond acceptors (Lipinski definition) is 2. The van der Waals surface area contributed by atoms with Crippen LogP contribution in [0, 0.1) is 11.8 Å². The zero-order valence-electron chi connectivity index (χ0n) is 10.5. The van der Waals surface area contributed by atoms with Crippen LogP contribution in [0.3, 0.4) is 0 Å². The van der Waals surface area contributed by atoms with Crippen LogP contribution >= 0.6 is 0 Å². The first-order valence-electron chi connectivity index (χ1n) is 6.90. The average molecular weight is 222 g/mol. The largest absolute Gasteiger partial charge is 0.329 e. The summed E-state index contributed by atoms with van der Waals surface area (Å²) in [4.78, 5) is 0. The molecule has 92 valence electrons. The Morgan fingerprint density at radius 3 is 2.38 bits per heavy atom. The van der Waals surface area contributed by atoms with Crippen molar-refractivity contribution in [3.63, 3.8) is 0 Å².